The number of carbonyl (C=O) groups excluding carboxylic acids is 1. The predicted octanol–water partition coefficient (Wildman–Crippen LogP) is 3.19. The molecule has 0 aliphatic heterocycles. The molecular weight excluding hydrogens is 309 g/mol. The molecule has 126 valence electrons. The van der Waals surface area contributed by atoms with Crippen LogP contribution in [-0.2, 0) is 9.63 Å². The third-order valence-corrected chi connectivity index (χ3v) is 3.34. The van der Waals surface area contributed by atoms with Crippen molar-refractivity contribution >= 4 is 23.5 Å². The highest BCUT2D eigenvalue weighted by Gasteiger charge is 2.05. The number of hydrogen-bond donors (Lipinski definition) is 1. The van der Waals surface area contributed by atoms with Gasteiger partial charge >= 0.3 is 0 Å². The molecule has 2 aromatic carbocycles. The zero-order valence-corrected chi connectivity index (χ0v) is 13.9. The van der Waals surface area contributed by atoms with Crippen LogP contribution >= 0.6 is 0 Å². The van der Waals surface area contributed by atoms with Crippen LogP contribution < -0.4 is 10.2 Å². The number of aryl methyl sites for hydroxylation is 1. The van der Waals surface area contributed by atoms with Crippen molar-refractivity contribution in [3.8, 4) is 0 Å². The van der Waals surface area contributed by atoms with Crippen molar-refractivity contribution in [1.82, 2.24) is 0 Å². The molecule has 0 aromatic heterocycles. The fourth-order valence-corrected chi connectivity index (χ4v) is 1.92. The largest absolute Gasteiger partial charge is 0.386 e. The van der Waals surface area contributed by atoms with Gasteiger partial charge < -0.3 is 15.1 Å². The van der Waals surface area contributed by atoms with Crippen LogP contribution in [0.1, 0.15) is 11.1 Å². The lowest BCUT2D eigenvalue weighted by molar-refractivity contribution is -0.120. The molecule has 1 N–H and O–H groups in total. The van der Waals surface area contributed by atoms with Crippen molar-refractivity contribution in [2.24, 2.45) is 5.16 Å². The van der Waals surface area contributed by atoms with E-state index >= 15 is 0 Å². The van der Waals surface area contributed by atoms with E-state index in [4.69, 9.17) is 4.84 Å². The third kappa shape index (κ3) is 5.08. The Hall–Kier alpha value is -2.89. The Morgan fingerprint density at radius 3 is 2.58 bits per heavy atom. The summed E-state index contributed by atoms with van der Waals surface area (Å²) in [6.07, 6.45) is 1.53. The van der Waals surface area contributed by atoms with Crippen LogP contribution in [0, 0.1) is 12.7 Å². The van der Waals surface area contributed by atoms with Gasteiger partial charge in [-0.3, -0.25) is 4.79 Å². The summed E-state index contributed by atoms with van der Waals surface area (Å²) in [5.41, 5.74) is 2.85. The molecule has 0 bridgehead atoms. The summed E-state index contributed by atoms with van der Waals surface area (Å²) in [5, 5.41) is 6.30. The van der Waals surface area contributed by atoms with Gasteiger partial charge in [0.15, 0.2) is 6.61 Å². The van der Waals surface area contributed by atoms with Crippen molar-refractivity contribution in [2.75, 3.05) is 30.9 Å². The topological polar surface area (TPSA) is 53.9 Å². The molecule has 0 heterocycles. The van der Waals surface area contributed by atoms with Crippen LogP contribution in [0.3, 0.4) is 0 Å². The number of halogens is 1. The molecule has 0 fully saturated rings. The maximum atomic E-state index is 13.4. The first kappa shape index (κ1) is 17.5. The summed E-state index contributed by atoms with van der Waals surface area (Å²) in [6, 6.07) is 12.2. The van der Waals surface area contributed by atoms with Crippen molar-refractivity contribution in [3.05, 3.63) is 59.4 Å². The number of benzene rings is 2. The lowest BCUT2D eigenvalue weighted by Gasteiger charge is -2.11. The van der Waals surface area contributed by atoms with E-state index in [0.717, 1.165) is 11.3 Å². The van der Waals surface area contributed by atoms with Gasteiger partial charge in [0.1, 0.15) is 5.82 Å². The molecule has 2 rings (SSSR count). The van der Waals surface area contributed by atoms with Crippen molar-refractivity contribution < 1.29 is 14.0 Å². The number of oxime groups is 1. The smallest absolute Gasteiger partial charge is 0.265 e. The van der Waals surface area contributed by atoms with E-state index in [0.29, 0.717) is 11.3 Å². The third-order valence-electron chi connectivity index (χ3n) is 3.34. The Bertz CT molecular complexity index is 728. The van der Waals surface area contributed by atoms with E-state index in [1.165, 1.54) is 12.3 Å². The van der Waals surface area contributed by atoms with E-state index in [2.05, 4.69) is 10.5 Å². The van der Waals surface area contributed by atoms with Gasteiger partial charge in [-0.25, -0.2) is 4.39 Å². The minimum Gasteiger partial charge on any atom is -0.386 e. The highest BCUT2D eigenvalue weighted by molar-refractivity contribution is 5.91. The first-order chi connectivity index (χ1) is 11.5. The van der Waals surface area contributed by atoms with E-state index in [1.807, 2.05) is 43.3 Å². The zero-order valence-electron chi connectivity index (χ0n) is 13.9. The molecule has 5 nitrogen and oxygen atoms in total. The second-order valence-corrected chi connectivity index (χ2v) is 5.51. The first-order valence-corrected chi connectivity index (χ1v) is 7.44. The number of carbonyl (C=O) groups is 1. The van der Waals surface area contributed by atoms with Gasteiger partial charge in [0.25, 0.3) is 5.91 Å². The fourth-order valence-electron chi connectivity index (χ4n) is 1.92. The average Bonchev–Trinajstić information content (AvgIpc) is 2.55. The number of nitrogens with zero attached hydrogens (tertiary/aromatic N) is 2. The molecule has 0 aliphatic carbocycles. The fraction of sp³-hybridized carbons (Fsp3) is 0.222. The van der Waals surface area contributed by atoms with Gasteiger partial charge in [-0.1, -0.05) is 23.4 Å². The lowest BCUT2D eigenvalue weighted by Crippen LogP contribution is -2.17. The lowest BCUT2D eigenvalue weighted by atomic mass is 10.2. The number of anilines is 2. The molecule has 1 amide bonds. The average molecular weight is 329 g/mol. The van der Waals surface area contributed by atoms with Crippen LogP contribution in [-0.4, -0.2) is 32.8 Å². The maximum Gasteiger partial charge on any atom is 0.265 e. The SMILES string of the molecule is Cc1ccc(NC(=O)CO/N=C/c2ccc(N(C)C)cc2)cc1F. The summed E-state index contributed by atoms with van der Waals surface area (Å²) < 4.78 is 13.4. The molecule has 6 heteroatoms. The maximum absolute atomic E-state index is 13.4. The highest BCUT2D eigenvalue weighted by atomic mass is 19.1. The van der Waals surface area contributed by atoms with E-state index < -0.39 is 5.91 Å². The molecule has 0 aliphatic rings. The van der Waals surface area contributed by atoms with Gasteiger partial charge in [-0.15, -0.1) is 0 Å². The first-order valence-electron chi connectivity index (χ1n) is 7.44. The number of nitrogens with one attached hydrogen (secondary N) is 1. The zero-order chi connectivity index (χ0) is 17.5. The van der Waals surface area contributed by atoms with Gasteiger partial charge in [-0.2, -0.15) is 0 Å². The van der Waals surface area contributed by atoms with Gasteiger partial charge in [-0.05, 0) is 42.3 Å². The number of rotatable bonds is 6. The molecule has 0 saturated carbocycles. The Balaban J connectivity index is 1.80. The predicted molar refractivity (Wildman–Crippen MR) is 94.1 cm³/mol. The molecular formula is C18H20FN3O2. The van der Waals surface area contributed by atoms with E-state index in [9.17, 15) is 9.18 Å². The number of amides is 1. The quantitative estimate of drug-likeness (QED) is 0.654. The van der Waals surface area contributed by atoms with Crippen molar-refractivity contribution in [3.63, 3.8) is 0 Å². The molecule has 0 radical (unpaired) electrons. The summed E-state index contributed by atoms with van der Waals surface area (Å²) in [4.78, 5) is 18.7. The molecule has 0 saturated heterocycles. The second-order valence-electron chi connectivity index (χ2n) is 5.51. The Morgan fingerprint density at radius 1 is 1.25 bits per heavy atom. The Labute approximate surface area is 140 Å². The minimum atomic E-state index is -0.404. The van der Waals surface area contributed by atoms with Crippen LogP contribution in [0.2, 0.25) is 0 Å². The minimum absolute atomic E-state index is 0.248. The second kappa shape index (κ2) is 8.10. The van der Waals surface area contributed by atoms with Gasteiger partial charge in [0.2, 0.25) is 0 Å². The van der Waals surface area contributed by atoms with Crippen molar-refractivity contribution in [1.29, 1.82) is 0 Å². The summed E-state index contributed by atoms with van der Waals surface area (Å²) >= 11 is 0. The van der Waals surface area contributed by atoms with Crippen LogP contribution in [0.4, 0.5) is 15.8 Å². The monoisotopic (exact) mass is 329 g/mol. The molecule has 0 unspecified atom stereocenters. The Kier molecular flexibility index (Phi) is 5.89. The molecule has 24 heavy (non-hydrogen) atoms. The van der Waals surface area contributed by atoms with E-state index in [1.54, 1.807) is 19.1 Å². The molecule has 0 spiro atoms. The van der Waals surface area contributed by atoms with Gasteiger partial charge in [0.05, 0.1) is 6.21 Å². The summed E-state index contributed by atoms with van der Waals surface area (Å²) in [7, 11) is 3.93. The van der Waals surface area contributed by atoms with Gasteiger partial charge in [0, 0.05) is 25.5 Å². The van der Waals surface area contributed by atoms with Crippen LogP contribution in [0.25, 0.3) is 0 Å². The standard InChI is InChI=1S/C18H20FN3O2/c1-13-4-7-15(10-17(13)19)21-18(23)12-24-20-11-14-5-8-16(9-6-14)22(2)3/h4-11H,12H2,1-3H3,(H,21,23)/b20-11+. The van der Waals surface area contributed by atoms with E-state index in [-0.39, 0.29) is 12.4 Å². The molecule has 0 atom stereocenters. The summed E-state index contributed by atoms with van der Waals surface area (Å²) in [6.45, 7) is 1.41. The van der Waals surface area contributed by atoms with Crippen LogP contribution in [0.5, 0.6) is 0 Å². The highest BCUT2D eigenvalue weighted by Crippen LogP contribution is 2.13. The van der Waals surface area contributed by atoms with Crippen molar-refractivity contribution in [2.45, 2.75) is 6.92 Å². The van der Waals surface area contributed by atoms with Crippen LogP contribution in [0.15, 0.2) is 47.6 Å². The normalized spacial score (nSPS) is 10.7. The Morgan fingerprint density at radius 2 is 1.96 bits per heavy atom. The number of hydrogen-bond acceptors (Lipinski definition) is 4. The molecule has 2 aromatic rings. The summed E-state index contributed by atoms with van der Waals surface area (Å²) in [5.74, 6) is -0.772.